The van der Waals surface area contributed by atoms with E-state index in [1.807, 2.05) is 92.9 Å². The zero-order valence-corrected chi connectivity index (χ0v) is 82.7. The summed E-state index contributed by atoms with van der Waals surface area (Å²) in [7, 11) is 4.46. The smallest absolute Gasteiger partial charge is 0.446 e. The van der Waals surface area contributed by atoms with Crippen molar-refractivity contribution < 1.29 is 51.1 Å². The molecule has 144 heavy (non-hydrogen) atoms. The van der Waals surface area contributed by atoms with E-state index in [4.69, 9.17) is 104 Å². The number of anilines is 4. The van der Waals surface area contributed by atoms with Crippen LogP contribution < -0.4 is 40.6 Å². The number of imidazole rings is 4. The normalized spacial score (nSPS) is 10.0. The summed E-state index contributed by atoms with van der Waals surface area (Å²) in [6.07, 6.45) is 6.20. The third-order valence-electron chi connectivity index (χ3n) is 18.7. The number of nitrogens with one attached hydrogen (secondary N) is 3. The molecule has 0 atom stereocenters. The highest BCUT2D eigenvalue weighted by Gasteiger charge is 2.25. The molecule has 0 aliphatic carbocycles. The van der Waals surface area contributed by atoms with Gasteiger partial charge < -0.3 is 58.9 Å². The van der Waals surface area contributed by atoms with Crippen LogP contribution in [0.5, 0.6) is 23.4 Å². The predicted octanol–water partition coefficient (Wildman–Crippen LogP) is 25.4. The van der Waals surface area contributed by atoms with Crippen LogP contribution in [0.1, 0.15) is 85.1 Å². The first-order chi connectivity index (χ1) is 68.3. The maximum atomic E-state index is 12.3. The fourth-order valence-electron chi connectivity index (χ4n) is 12.5. The molecule has 16 aromatic rings. The van der Waals surface area contributed by atoms with Gasteiger partial charge in [0.25, 0.3) is 12.4 Å². The molecule has 0 unspecified atom stereocenters. The number of fused-ring (bicyclic) bond motifs is 4. The number of amides is 1. The number of carbonyl (C=O) groups is 3. The SMILES string of the molecule is C.C.COc1cc(OC=O)cnn1.ClCCl.O=CC(F)(F)F.O=P(Cl)(Cl)Cl.[C-]#[N+]c1ccc(N)c(NCC)c1.[C-]#[N+]c1ccc(NC(=O)c2cnnc(OC)c2)c(NCC)c1.[C-]#[N+]c1ccc2nc(-c3cnnc(C=C)c3)n(CC)c2c1.[C-]#[N+]c1ccc2nc(-c3cnnc(CC)c3)n(CC)c2c1.[C-]#[N+]c1ccc2nc(-c3cnnc(Cl)c3)n(CC)c2c1.[C-]#[N+]c1ccc2nc(-c3cnnc(OC)c3)n(CC)c2c1. The summed E-state index contributed by atoms with van der Waals surface area (Å²) < 4.78 is 68.3. The third-order valence-corrected chi connectivity index (χ3v) is 18.9. The summed E-state index contributed by atoms with van der Waals surface area (Å²) in [5, 5.41) is 52.3. The molecule has 0 saturated heterocycles. The van der Waals surface area contributed by atoms with Gasteiger partial charge in [-0.05, 0) is 179 Å². The number of halogens is 9. The van der Waals surface area contributed by atoms with Gasteiger partial charge >= 0.3 is 11.4 Å². The number of hydrogen-bond acceptors (Lipinski definition) is 27. The monoisotopic (exact) mass is 2090 g/mol. The Kier molecular flexibility index (Phi) is 49.0. The van der Waals surface area contributed by atoms with Gasteiger partial charge in [-0.1, -0.05) is 76.4 Å². The van der Waals surface area contributed by atoms with Gasteiger partial charge in [-0.2, -0.15) is 54.0 Å². The molecule has 744 valence electrons. The molecule has 0 aliphatic rings. The first-order valence-corrected chi connectivity index (χ1v) is 47.6. The van der Waals surface area contributed by atoms with Crippen molar-refractivity contribution in [3.63, 3.8) is 0 Å². The molecule has 0 aliphatic heterocycles. The van der Waals surface area contributed by atoms with Crippen molar-refractivity contribution in [3.8, 4) is 68.9 Å². The molecule has 1 amide bonds. The lowest BCUT2D eigenvalue weighted by molar-refractivity contribution is -0.156. The lowest BCUT2D eigenvalue weighted by Gasteiger charge is -2.12. The maximum absolute atomic E-state index is 12.3. The molecule has 0 saturated carbocycles. The van der Waals surface area contributed by atoms with E-state index in [1.54, 1.807) is 111 Å². The fraction of sp³-hybridized carbons (Fsp3) is 0.219. The fourth-order valence-corrected chi connectivity index (χ4v) is 12.7. The summed E-state index contributed by atoms with van der Waals surface area (Å²) in [6, 6.07) is 42.7. The second kappa shape index (κ2) is 59.8. The molecular formula is C96H94Cl6F3N30O8P. The van der Waals surface area contributed by atoms with Crippen LogP contribution >= 0.6 is 73.7 Å². The summed E-state index contributed by atoms with van der Waals surface area (Å²) in [5.41, 5.74) is 24.8. The molecule has 10 heterocycles. The number of alkyl halides is 5. The highest BCUT2D eigenvalue weighted by Crippen LogP contribution is 2.61. The predicted molar refractivity (Wildman–Crippen MR) is 559 cm³/mol. The van der Waals surface area contributed by atoms with Crippen molar-refractivity contribution in [1.82, 2.24) is 99.4 Å². The minimum absolute atomic E-state index is 0. The molecule has 6 aromatic carbocycles. The molecule has 10 aromatic heterocycles. The Bertz CT molecular complexity index is 7220. The summed E-state index contributed by atoms with van der Waals surface area (Å²) in [5.74, 6) is 4.28. The minimum atomic E-state index is -4.64. The number of benzene rings is 6. The van der Waals surface area contributed by atoms with E-state index in [0.717, 1.165) is 140 Å². The van der Waals surface area contributed by atoms with Crippen LogP contribution in [-0.2, 0) is 46.8 Å². The van der Waals surface area contributed by atoms with Gasteiger partial charge in [0.2, 0.25) is 23.9 Å². The summed E-state index contributed by atoms with van der Waals surface area (Å²) in [4.78, 5) is 70.0. The Labute approximate surface area is 856 Å². The zero-order valence-electron chi connectivity index (χ0n) is 77.2. The van der Waals surface area contributed by atoms with Crippen LogP contribution in [0.4, 0.5) is 70.0 Å². The van der Waals surface area contributed by atoms with Crippen LogP contribution in [0.25, 0.3) is 125 Å². The van der Waals surface area contributed by atoms with Gasteiger partial charge in [-0.3, -0.25) is 18.9 Å². The Morgan fingerprint density at radius 3 is 1.19 bits per heavy atom. The summed E-state index contributed by atoms with van der Waals surface area (Å²) >= 11 is 29.3. The Hall–Kier alpha value is -16.5. The van der Waals surface area contributed by atoms with Crippen LogP contribution in [0.15, 0.2) is 189 Å². The summed E-state index contributed by atoms with van der Waals surface area (Å²) in [6.45, 7) is 65.1. The average molecular weight is 2100 g/mol. The standard InChI is InChI=1S/C16H15N5.C16H13N5.C15H15N5O2.C15H13N5O.C14H10ClN5.C9H11N3.C6H6N2O3.C2HF3O.CH2Cl2.2CH4.Cl3OP/c2*1-4-12-8-11(10-18-20-12)16-19-14-7-6-13(17-3)9-15(14)21(16)5-2;1-4-17-13-8-11(16-2)5-6-12(13)19-15(21)10-7-14(22-3)20-18-9-10;1-4-20-13-8-11(16-2)5-6-12(13)18-15(20)10-7-14(21-3)19-17-9-10;1-3-20-12-7-10(16-2)4-5-11(12)18-14(20)9-6-13(15)19-17-8-9;1-3-12-9-6-7(11-2)4-5-8(9)10;1-10-6-2-5(11-4-9)3-7-8-6;3-2(4,5)1-6;2-1-3;;;1-5(2,3)4/h6-10H,4-5H2,1-2H3;4,6-10H,1,5H2,2H3;5-9,17H,4H2,1,3H3,(H,19,21);5-9H,4H2,1,3H3;4-8H,3H2,1H3;4-6,12H,3,10H2,1H3;2-4H,1H3;1H;1H2;2*1H4;. The Morgan fingerprint density at radius 1 is 0.465 bits per heavy atom. The molecule has 16 rings (SSSR count). The number of nitrogen functional groups attached to an aromatic ring is 1. The number of nitrogens with zero attached hydrogens (tertiary/aromatic N) is 26. The molecule has 0 fully saturated rings. The Morgan fingerprint density at radius 2 is 0.806 bits per heavy atom. The highest BCUT2D eigenvalue weighted by molar-refractivity contribution is 8.24. The quantitative estimate of drug-likeness (QED) is 0.0171. The first-order valence-electron chi connectivity index (χ1n) is 41.7. The van der Waals surface area contributed by atoms with Crippen molar-refractivity contribution in [2.24, 2.45) is 0 Å². The molecule has 5 N–H and O–H groups in total. The van der Waals surface area contributed by atoms with Gasteiger partial charge in [0, 0.05) is 91.1 Å². The second-order valence-electron chi connectivity index (χ2n) is 27.5. The van der Waals surface area contributed by atoms with Gasteiger partial charge in [0.15, 0.2) is 45.0 Å². The van der Waals surface area contributed by atoms with Crippen LogP contribution in [0.3, 0.4) is 0 Å². The number of ether oxygens (including phenoxy) is 4. The van der Waals surface area contributed by atoms with E-state index in [-0.39, 0.29) is 32.0 Å². The van der Waals surface area contributed by atoms with Crippen molar-refractivity contribution in [1.29, 1.82) is 0 Å². The first kappa shape index (κ1) is 118. The average Bonchev–Trinajstić information content (AvgIpc) is 1.65. The number of rotatable bonds is 21. The number of aromatic nitrogens is 20. The number of aldehydes is 1. The molecule has 38 nitrogen and oxygen atoms in total. The molecule has 0 spiro atoms. The topological polar surface area (TPSA) is 419 Å². The lowest BCUT2D eigenvalue weighted by atomic mass is 10.2. The van der Waals surface area contributed by atoms with Gasteiger partial charge in [0.1, 0.15) is 23.3 Å². The minimum Gasteiger partial charge on any atom is -0.480 e. The van der Waals surface area contributed by atoms with Crippen molar-refractivity contribution in [2.45, 2.75) is 102 Å². The van der Waals surface area contributed by atoms with Crippen molar-refractivity contribution in [2.75, 3.05) is 61.4 Å². The van der Waals surface area contributed by atoms with E-state index < -0.39 is 17.7 Å². The van der Waals surface area contributed by atoms with Gasteiger partial charge in [-0.15, -0.1) is 43.6 Å². The number of methoxy groups -OCH3 is 3. The van der Waals surface area contributed by atoms with Crippen LogP contribution in [-0.4, -0.2) is 164 Å². The largest absolute Gasteiger partial charge is 0.480 e. The van der Waals surface area contributed by atoms with Crippen molar-refractivity contribution in [3.05, 3.63) is 280 Å². The van der Waals surface area contributed by atoms with Gasteiger partial charge in [-0.25, -0.2) is 49.0 Å². The van der Waals surface area contributed by atoms with E-state index in [9.17, 15) is 27.3 Å². The number of nitrogens with two attached hydrogens (primary N) is 1. The number of hydrogen-bond donors (Lipinski definition) is 4. The van der Waals surface area contributed by atoms with Crippen LogP contribution in [0.2, 0.25) is 5.15 Å². The zero-order chi connectivity index (χ0) is 104. The molecule has 0 bridgehead atoms. The van der Waals surface area contributed by atoms with E-state index >= 15 is 0 Å². The number of aryl methyl sites for hydroxylation is 5. The molecule has 0 radical (unpaired) electrons. The highest BCUT2D eigenvalue weighted by atomic mass is 36.0. The van der Waals surface area contributed by atoms with E-state index in [0.29, 0.717) is 98.1 Å². The van der Waals surface area contributed by atoms with E-state index in [2.05, 4.69) is 201 Å². The lowest BCUT2D eigenvalue weighted by Crippen LogP contribution is -2.14. The Balaban J connectivity index is 0.000000291. The van der Waals surface area contributed by atoms with Crippen LogP contribution in [0, 0.1) is 39.4 Å². The second-order valence-corrected chi connectivity index (χ2v) is 35.3. The van der Waals surface area contributed by atoms with Crippen molar-refractivity contribution >= 4 is 199 Å². The molecular weight excluding hydrogens is 2000 g/mol. The van der Waals surface area contributed by atoms with E-state index in [1.165, 1.54) is 38.7 Å². The molecule has 48 heteroatoms. The number of carbonyl (C=O) groups excluding carboxylic acids is 3. The third kappa shape index (κ3) is 35.1. The maximum Gasteiger partial charge on any atom is 0.446 e. The van der Waals surface area contributed by atoms with Gasteiger partial charge in [0.05, 0.1) is 176 Å².